The Morgan fingerprint density at radius 2 is 1.59 bits per heavy atom. The highest BCUT2D eigenvalue weighted by Gasteiger charge is 2.37. The molecule has 0 bridgehead atoms. The number of rotatable bonds is 2. The summed E-state index contributed by atoms with van der Waals surface area (Å²) in [5, 5.41) is 9.20. The highest BCUT2D eigenvalue weighted by molar-refractivity contribution is 9.14. The molecule has 6 heteroatoms. The summed E-state index contributed by atoms with van der Waals surface area (Å²) in [5.41, 5.74) is 0.924. The van der Waals surface area contributed by atoms with Gasteiger partial charge in [0.05, 0.1) is 12.3 Å². The number of carbonyl (C=O) groups is 2. The van der Waals surface area contributed by atoms with Gasteiger partial charge in [0.1, 0.15) is 8.96 Å². The number of benzene rings is 1. The largest absolute Gasteiger partial charge is 0.392 e. The van der Waals surface area contributed by atoms with E-state index in [1.165, 1.54) is 0 Å². The SMILES string of the molecule is O=C1C(Br)=C(Br)C(=O)N1c1ccccc1CO. The molecule has 1 aromatic carbocycles. The van der Waals surface area contributed by atoms with E-state index in [-0.39, 0.29) is 15.6 Å². The molecule has 1 aliphatic heterocycles. The summed E-state index contributed by atoms with van der Waals surface area (Å²) in [5.74, 6) is -0.884. The highest BCUT2D eigenvalue weighted by Crippen LogP contribution is 2.34. The second-order valence-electron chi connectivity index (χ2n) is 3.36. The molecule has 2 rings (SSSR count). The Hall–Kier alpha value is -0.980. The average molecular weight is 361 g/mol. The van der Waals surface area contributed by atoms with Crippen molar-refractivity contribution in [3.8, 4) is 0 Å². The third-order valence-corrected chi connectivity index (χ3v) is 4.38. The van der Waals surface area contributed by atoms with Gasteiger partial charge in [0, 0.05) is 5.56 Å². The van der Waals surface area contributed by atoms with Crippen molar-refractivity contribution in [3.63, 3.8) is 0 Å². The average Bonchev–Trinajstić information content (AvgIpc) is 2.54. The molecule has 0 saturated carbocycles. The number of para-hydroxylation sites is 1. The molecule has 2 amide bonds. The van der Waals surface area contributed by atoms with Gasteiger partial charge in [-0.05, 0) is 37.9 Å². The number of hydrogen-bond donors (Lipinski definition) is 1. The predicted molar refractivity (Wildman–Crippen MR) is 69.7 cm³/mol. The molecule has 0 radical (unpaired) electrons. The van der Waals surface area contributed by atoms with Crippen LogP contribution in [0.15, 0.2) is 33.2 Å². The van der Waals surface area contributed by atoms with E-state index in [0.717, 1.165) is 4.90 Å². The van der Waals surface area contributed by atoms with E-state index in [2.05, 4.69) is 31.9 Å². The fourth-order valence-corrected chi connectivity index (χ4v) is 2.25. The minimum Gasteiger partial charge on any atom is -0.392 e. The fourth-order valence-electron chi connectivity index (χ4n) is 1.56. The summed E-state index contributed by atoms with van der Waals surface area (Å²) in [4.78, 5) is 24.8. The zero-order chi connectivity index (χ0) is 12.6. The van der Waals surface area contributed by atoms with Crippen LogP contribution in [0.25, 0.3) is 0 Å². The molecule has 0 fully saturated rings. The van der Waals surface area contributed by atoms with Gasteiger partial charge < -0.3 is 5.11 Å². The van der Waals surface area contributed by atoms with Crippen molar-refractivity contribution in [2.24, 2.45) is 0 Å². The van der Waals surface area contributed by atoms with E-state index in [1.807, 2.05) is 0 Å². The van der Waals surface area contributed by atoms with Crippen molar-refractivity contribution in [2.75, 3.05) is 4.90 Å². The predicted octanol–water partition coefficient (Wildman–Crippen LogP) is 2.05. The topological polar surface area (TPSA) is 57.6 Å². The number of amides is 2. The molecule has 88 valence electrons. The zero-order valence-corrected chi connectivity index (χ0v) is 11.7. The van der Waals surface area contributed by atoms with Crippen molar-refractivity contribution in [1.29, 1.82) is 0 Å². The molecule has 0 unspecified atom stereocenters. The first kappa shape index (κ1) is 12.5. The van der Waals surface area contributed by atoms with Crippen molar-refractivity contribution < 1.29 is 14.7 Å². The Balaban J connectivity index is 2.50. The summed E-state index contributed by atoms with van der Waals surface area (Å²) in [6.07, 6.45) is 0. The van der Waals surface area contributed by atoms with Crippen molar-refractivity contribution >= 4 is 49.4 Å². The molecule has 4 nitrogen and oxygen atoms in total. The minimum atomic E-state index is -0.442. The lowest BCUT2D eigenvalue weighted by Crippen LogP contribution is -2.31. The molecular formula is C11H7Br2NO3. The van der Waals surface area contributed by atoms with E-state index < -0.39 is 11.8 Å². The third kappa shape index (κ3) is 1.96. The lowest BCUT2D eigenvalue weighted by molar-refractivity contribution is -0.120. The molecule has 1 aromatic rings. The molecule has 0 atom stereocenters. The second-order valence-corrected chi connectivity index (χ2v) is 4.95. The number of anilines is 1. The molecule has 0 spiro atoms. The Morgan fingerprint density at radius 1 is 1.06 bits per heavy atom. The third-order valence-electron chi connectivity index (χ3n) is 2.38. The van der Waals surface area contributed by atoms with Gasteiger partial charge >= 0.3 is 0 Å². The Kier molecular flexibility index (Phi) is 3.46. The summed E-state index contributed by atoms with van der Waals surface area (Å²) >= 11 is 6.10. The Bertz CT molecular complexity index is 515. The van der Waals surface area contributed by atoms with Crippen molar-refractivity contribution in [3.05, 3.63) is 38.8 Å². The van der Waals surface area contributed by atoms with Crippen LogP contribution in [0.5, 0.6) is 0 Å². The van der Waals surface area contributed by atoms with Gasteiger partial charge in [0.25, 0.3) is 11.8 Å². The second kappa shape index (κ2) is 4.72. The normalized spacial score (nSPS) is 16.1. The number of hydrogen-bond acceptors (Lipinski definition) is 3. The standard InChI is InChI=1S/C11H7Br2NO3/c12-8-9(13)11(17)14(10(8)16)7-4-2-1-3-6(7)5-15/h1-4,15H,5H2. The van der Waals surface area contributed by atoms with Gasteiger partial charge in [-0.2, -0.15) is 0 Å². The zero-order valence-electron chi connectivity index (χ0n) is 8.48. The Morgan fingerprint density at radius 3 is 2.12 bits per heavy atom. The number of nitrogens with zero attached hydrogens (tertiary/aromatic N) is 1. The minimum absolute atomic E-state index is 0.190. The van der Waals surface area contributed by atoms with Crippen LogP contribution in [-0.4, -0.2) is 16.9 Å². The summed E-state index contributed by atoms with van der Waals surface area (Å²) in [7, 11) is 0. The fraction of sp³-hybridized carbons (Fsp3) is 0.0909. The maximum Gasteiger partial charge on any atom is 0.273 e. The van der Waals surface area contributed by atoms with Crippen molar-refractivity contribution in [1.82, 2.24) is 0 Å². The number of halogens is 2. The van der Waals surface area contributed by atoms with E-state index in [9.17, 15) is 14.7 Å². The molecule has 0 aliphatic carbocycles. The lowest BCUT2D eigenvalue weighted by atomic mass is 10.1. The molecule has 0 saturated heterocycles. The van der Waals surface area contributed by atoms with Crippen LogP contribution in [0.2, 0.25) is 0 Å². The summed E-state index contributed by atoms with van der Waals surface area (Å²) < 4.78 is 0.380. The Labute approximate surface area is 114 Å². The van der Waals surface area contributed by atoms with Crippen LogP contribution in [0.4, 0.5) is 5.69 Å². The van der Waals surface area contributed by atoms with Crippen LogP contribution in [0.3, 0.4) is 0 Å². The first-order valence-electron chi connectivity index (χ1n) is 4.70. The lowest BCUT2D eigenvalue weighted by Gasteiger charge is -2.17. The van der Waals surface area contributed by atoms with Crippen LogP contribution in [-0.2, 0) is 16.2 Å². The molecule has 1 heterocycles. The molecule has 0 aromatic heterocycles. The maximum absolute atomic E-state index is 11.9. The van der Waals surface area contributed by atoms with Gasteiger partial charge in [-0.15, -0.1) is 0 Å². The van der Waals surface area contributed by atoms with Crippen LogP contribution in [0.1, 0.15) is 5.56 Å². The maximum atomic E-state index is 11.9. The van der Waals surface area contributed by atoms with Gasteiger partial charge in [-0.1, -0.05) is 18.2 Å². The first-order chi connectivity index (χ1) is 8.07. The van der Waals surface area contributed by atoms with Gasteiger partial charge in [-0.3, -0.25) is 9.59 Å². The summed E-state index contributed by atoms with van der Waals surface area (Å²) in [6, 6.07) is 6.72. The number of imide groups is 1. The van der Waals surface area contributed by atoms with E-state index in [0.29, 0.717) is 11.3 Å². The summed E-state index contributed by atoms with van der Waals surface area (Å²) in [6.45, 7) is -0.234. The van der Waals surface area contributed by atoms with E-state index in [1.54, 1.807) is 24.3 Å². The monoisotopic (exact) mass is 359 g/mol. The highest BCUT2D eigenvalue weighted by atomic mass is 79.9. The van der Waals surface area contributed by atoms with Crippen LogP contribution in [0, 0.1) is 0 Å². The molecular weight excluding hydrogens is 354 g/mol. The first-order valence-corrected chi connectivity index (χ1v) is 6.29. The molecule has 1 aliphatic rings. The number of aliphatic hydroxyl groups is 1. The van der Waals surface area contributed by atoms with E-state index in [4.69, 9.17) is 0 Å². The molecule has 17 heavy (non-hydrogen) atoms. The van der Waals surface area contributed by atoms with Gasteiger partial charge in [0.15, 0.2) is 0 Å². The van der Waals surface area contributed by atoms with Gasteiger partial charge in [0.2, 0.25) is 0 Å². The van der Waals surface area contributed by atoms with Gasteiger partial charge in [-0.25, -0.2) is 4.90 Å². The quantitative estimate of drug-likeness (QED) is 0.821. The smallest absolute Gasteiger partial charge is 0.273 e. The van der Waals surface area contributed by atoms with Crippen LogP contribution < -0.4 is 4.90 Å². The number of carbonyl (C=O) groups excluding carboxylic acids is 2. The number of aliphatic hydroxyl groups excluding tert-OH is 1. The van der Waals surface area contributed by atoms with E-state index >= 15 is 0 Å². The van der Waals surface area contributed by atoms with Crippen molar-refractivity contribution in [2.45, 2.75) is 6.61 Å². The van der Waals surface area contributed by atoms with Crippen LogP contribution >= 0.6 is 31.9 Å². The molecule has 1 N–H and O–H groups in total.